The van der Waals surface area contributed by atoms with Crippen molar-refractivity contribution in [2.45, 2.75) is 59.4 Å². The summed E-state index contributed by atoms with van der Waals surface area (Å²) in [6, 6.07) is 4.00. The van der Waals surface area contributed by atoms with Crippen LogP contribution in [0, 0.1) is 5.41 Å². The van der Waals surface area contributed by atoms with E-state index in [9.17, 15) is 27.6 Å². The fourth-order valence-corrected chi connectivity index (χ4v) is 2.19. The number of ketones is 1. The molecular formula is C19H25F3N2O4. The number of alkyl halides is 3. The van der Waals surface area contributed by atoms with Crippen molar-refractivity contribution in [3.05, 3.63) is 29.8 Å². The Kier molecular flexibility index (Phi) is 6.87. The van der Waals surface area contributed by atoms with Gasteiger partial charge in [-0.2, -0.15) is 13.2 Å². The van der Waals surface area contributed by atoms with E-state index in [-0.39, 0.29) is 11.3 Å². The molecule has 0 spiro atoms. The number of halogens is 3. The van der Waals surface area contributed by atoms with E-state index in [0.717, 1.165) is 0 Å². The third-order valence-electron chi connectivity index (χ3n) is 3.47. The van der Waals surface area contributed by atoms with Gasteiger partial charge in [-0.1, -0.05) is 20.8 Å². The molecule has 6 nitrogen and oxygen atoms in total. The maximum atomic E-state index is 12.8. The lowest BCUT2D eigenvalue weighted by Crippen LogP contribution is -2.50. The van der Waals surface area contributed by atoms with Gasteiger partial charge in [-0.15, -0.1) is 0 Å². The van der Waals surface area contributed by atoms with E-state index in [0.29, 0.717) is 0 Å². The number of rotatable bonds is 4. The van der Waals surface area contributed by atoms with Crippen molar-refractivity contribution in [3.63, 3.8) is 0 Å². The van der Waals surface area contributed by atoms with Crippen molar-refractivity contribution in [2.75, 3.05) is 5.32 Å². The van der Waals surface area contributed by atoms with Crippen LogP contribution >= 0.6 is 0 Å². The predicted molar refractivity (Wildman–Crippen MR) is 98.1 cm³/mol. The van der Waals surface area contributed by atoms with Crippen LogP contribution in [0.2, 0.25) is 0 Å². The lowest BCUT2D eigenvalue weighted by atomic mass is 9.82. The van der Waals surface area contributed by atoms with E-state index < -0.39 is 41.0 Å². The average molecular weight is 402 g/mol. The number of ether oxygens (including phenoxy) is 1. The van der Waals surface area contributed by atoms with Crippen molar-refractivity contribution in [2.24, 2.45) is 5.41 Å². The summed E-state index contributed by atoms with van der Waals surface area (Å²) < 4.78 is 42.1. The summed E-state index contributed by atoms with van der Waals surface area (Å²) in [6.07, 6.45) is -5.77. The second-order valence-corrected chi connectivity index (χ2v) is 8.34. The Hall–Kier alpha value is -2.58. The molecule has 1 aromatic carbocycles. The molecule has 1 aromatic rings. The first kappa shape index (κ1) is 23.5. The summed E-state index contributed by atoms with van der Waals surface area (Å²) in [4.78, 5) is 35.9. The number of Topliss-reactive ketones (excluding diaryl/α,β-unsaturated/α-hetero) is 1. The van der Waals surface area contributed by atoms with Crippen molar-refractivity contribution < 1.29 is 32.3 Å². The fraction of sp³-hybridized carbons (Fsp3) is 0.526. The number of nitrogens with one attached hydrogen (secondary N) is 2. The zero-order valence-electron chi connectivity index (χ0n) is 16.7. The van der Waals surface area contributed by atoms with E-state index in [1.807, 2.05) is 0 Å². The molecule has 0 fully saturated rings. The van der Waals surface area contributed by atoms with E-state index >= 15 is 0 Å². The van der Waals surface area contributed by atoms with Crippen LogP contribution in [-0.4, -0.2) is 35.6 Å². The number of hydrogen-bond donors (Lipinski definition) is 2. The molecule has 0 bridgehead atoms. The average Bonchev–Trinajstić information content (AvgIpc) is 2.49. The highest BCUT2D eigenvalue weighted by molar-refractivity contribution is 6.02. The quantitative estimate of drug-likeness (QED) is 0.735. The van der Waals surface area contributed by atoms with Gasteiger partial charge in [0.1, 0.15) is 11.6 Å². The minimum absolute atomic E-state index is 0.105. The highest BCUT2D eigenvalue weighted by Crippen LogP contribution is 2.25. The normalized spacial score (nSPS) is 13.5. The number of carbonyl (C=O) groups is 3. The summed E-state index contributed by atoms with van der Waals surface area (Å²) in [6.45, 7) is 10.3. The van der Waals surface area contributed by atoms with Gasteiger partial charge in [0, 0.05) is 11.3 Å². The minimum Gasteiger partial charge on any atom is -0.444 e. The monoisotopic (exact) mass is 402 g/mol. The molecule has 2 amide bonds. The number of carbonyl (C=O) groups excluding carboxylic acids is 3. The first-order valence-electron chi connectivity index (χ1n) is 8.52. The first-order chi connectivity index (χ1) is 12.5. The first-order valence-corrected chi connectivity index (χ1v) is 8.52. The van der Waals surface area contributed by atoms with Crippen LogP contribution in [-0.2, 0) is 9.53 Å². The van der Waals surface area contributed by atoms with Crippen molar-refractivity contribution in [1.29, 1.82) is 0 Å². The van der Waals surface area contributed by atoms with Crippen LogP contribution in [0.3, 0.4) is 0 Å². The predicted octanol–water partition coefficient (Wildman–Crippen LogP) is 4.31. The molecule has 0 saturated carbocycles. The van der Waals surface area contributed by atoms with Crippen LogP contribution in [0.15, 0.2) is 24.3 Å². The third kappa shape index (κ3) is 7.21. The lowest BCUT2D eigenvalue weighted by molar-refractivity contribution is -0.167. The standard InChI is InChI=1S/C19H25F3N2O4/c1-17(2,3)14(24-16(27)28-18(4,5)6)13(25)11-7-9-12(10-8-11)23-15(26)19(20,21)22/h7-10,14H,1-6H3,(H,23,26)(H,24,27). The van der Waals surface area contributed by atoms with Crippen LogP contribution in [0.5, 0.6) is 0 Å². The molecule has 0 saturated heterocycles. The lowest BCUT2D eigenvalue weighted by Gasteiger charge is -2.31. The molecular weight excluding hydrogens is 377 g/mol. The Balaban J connectivity index is 2.98. The highest BCUT2D eigenvalue weighted by atomic mass is 19.4. The number of benzene rings is 1. The molecule has 9 heteroatoms. The van der Waals surface area contributed by atoms with Gasteiger partial charge in [0.05, 0.1) is 0 Å². The molecule has 0 aliphatic heterocycles. The summed E-state index contributed by atoms with van der Waals surface area (Å²) in [5.74, 6) is -2.54. The molecule has 28 heavy (non-hydrogen) atoms. The Morgan fingerprint density at radius 3 is 1.82 bits per heavy atom. The number of alkyl carbamates (subject to hydrolysis) is 1. The molecule has 0 heterocycles. The van der Waals surface area contributed by atoms with Crippen molar-refractivity contribution in [1.82, 2.24) is 5.32 Å². The topological polar surface area (TPSA) is 84.5 Å². The molecule has 0 radical (unpaired) electrons. The largest absolute Gasteiger partial charge is 0.471 e. The second kappa shape index (κ2) is 8.20. The summed E-state index contributed by atoms with van der Waals surface area (Å²) in [5, 5.41) is 4.25. The zero-order valence-corrected chi connectivity index (χ0v) is 16.7. The molecule has 1 unspecified atom stereocenters. The van der Waals surface area contributed by atoms with Gasteiger partial charge in [0.2, 0.25) is 0 Å². The van der Waals surface area contributed by atoms with E-state index in [4.69, 9.17) is 4.74 Å². The maximum absolute atomic E-state index is 12.8. The second-order valence-electron chi connectivity index (χ2n) is 8.34. The van der Waals surface area contributed by atoms with E-state index in [1.54, 1.807) is 46.9 Å². The van der Waals surface area contributed by atoms with E-state index in [1.165, 1.54) is 24.3 Å². The Morgan fingerprint density at radius 1 is 0.929 bits per heavy atom. The molecule has 0 aromatic heterocycles. The van der Waals surface area contributed by atoms with Crippen LogP contribution < -0.4 is 10.6 Å². The van der Waals surface area contributed by atoms with Crippen LogP contribution in [0.4, 0.5) is 23.7 Å². The van der Waals surface area contributed by atoms with Gasteiger partial charge in [-0.25, -0.2) is 4.79 Å². The van der Waals surface area contributed by atoms with Crippen molar-refractivity contribution >= 4 is 23.5 Å². The van der Waals surface area contributed by atoms with E-state index in [2.05, 4.69) is 5.32 Å². The molecule has 2 N–H and O–H groups in total. The fourth-order valence-electron chi connectivity index (χ4n) is 2.19. The summed E-state index contributed by atoms with van der Waals surface area (Å²) >= 11 is 0. The van der Waals surface area contributed by atoms with Gasteiger partial charge in [-0.05, 0) is 50.5 Å². The SMILES string of the molecule is CC(C)(C)OC(=O)NC(C(=O)c1ccc(NC(=O)C(F)(F)F)cc1)C(C)(C)C. The smallest absolute Gasteiger partial charge is 0.444 e. The number of anilines is 1. The minimum atomic E-state index is -5.01. The highest BCUT2D eigenvalue weighted by Gasteiger charge is 2.39. The molecule has 0 aliphatic rings. The van der Waals surface area contributed by atoms with Gasteiger partial charge >= 0.3 is 18.2 Å². The molecule has 1 atom stereocenters. The van der Waals surface area contributed by atoms with Crippen molar-refractivity contribution in [3.8, 4) is 0 Å². The molecule has 0 aliphatic carbocycles. The van der Waals surface area contributed by atoms with Gasteiger partial charge in [-0.3, -0.25) is 9.59 Å². The molecule has 1 rings (SSSR count). The van der Waals surface area contributed by atoms with Gasteiger partial charge in [0.25, 0.3) is 0 Å². The summed E-state index contributed by atoms with van der Waals surface area (Å²) in [5.41, 5.74) is -1.34. The molecule has 156 valence electrons. The number of hydrogen-bond acceptors (Lipinski definition) is 4. The Labute approximate surface area is 161 Å². The number of amides is 2. The van der Waals surface area contributed by atoms with Gasteiger partial charge < -0.3 is 15.4 Å². The van der Waals surface area contributed by atoms with Gasteiger partial charge in [0.15, 0.2) is 5.78 Å². The van der Waals surface area contributed by atoms with Crippen LogP contribution in [0.25, 0.3) is 0 Å². The zero-order chi connectivity index (χ0) is 21.9. The Morgan fingerprint density at radius 2 is 1.43 bits per heavy atom. The summed E-state index contributed by atoms with van der Waals surface area (Å²) in [7, 11) is 0. The Bertz CT molecular complexity index is 730. The maximum Gasteiger partial charge on any atom is 0.471 e. The van der Waals surface area contributed by atoms with Crippen LogP contribution in [0.1, 0.15) is 51.9 Å². The third-order valence-corrected chi connectivity index (χ3v) is 3.47.